The fraction of sp³-hybridized carbons (Fsp3) is 0.868. The number of Topliss-reactive ketones (excluding diaryl/α,β-unsaturated/α-hetero) is 3. The smallest absolute Gasteiger partial charge is 0.287 e. The normalized spacial score (nSPS) is 35.1. The standard InChI is InChI=1S/C38H58N2O7S/c1-37(2)29-24-40-33(32(29)37)30(42)22-25(34(43)35(44)39-27-15-16-27)13-9-6-4-3-5-7-10-14-26(36(40)45)21-28(41)23-38(18-11-8-12-19-38)31-17-20-48(31,46)47/h25-27,29,31-33H,3-24H2,1-2H3,(H,39,44)/t25-,26-,29+,31-,32+,33-/m1/s1. The van der Waals surface area contributed by atoms with Crippen LogP contribution in [0.2, 0.25) is 0 Å². The number of ketones is 3. The fourth-order valence-electron chi connectivity index (χ4n) is 10.2. The lowest BCUT2D eigenvalue weighted by atomic mass is 9.67. The van der Waals surface area contributed by atoms with Gasteiger partial charge < -0.3 is 10.2 Å². The van der Waals surface area contributed by atoms with E-state index in [0.717, 1.165) is 89.9 Å². The minimum atomic E-state index is -3.17. The van der Waals surface area contributed by atoms with Crippen LogP contribution in [-0.2, 0) is 33.8 Å². The Morgan fingerprint density at radius 1 is 0.833 bits per heavy atom. The second-order valence-electron chi connectivity index (χ2n) is 17.1. The molecule has 2 amide bonds. The molecule has 3 aliphatic heterocycles. The maximum atomic E-state index is 14.5. The summed E-state index contributed by atoms with van der Waals surface area (Å²) < 4.78 is 25.6. The van der Waals surface area contributed by atoms with Crippen molar-refractivity contribution < 1.29 is 32.4 Å². The van der Waals surface area contributed by atoms with E-state index in [-0.39, 0.29) is 65.8 Å². The summed E-state index contributed by atoms with van der Waals surface area (Å²) in [7, 11) is -3.17. The Balaban J connectivity index is 1.21. The van der Waals surface area contributed by atoms with Gasteiger partial charge in [-0.05, 0) is 67.6 Å². The first-order valence-electron chi connectivity index (χ1n) is 19.3. The summed E-state index contributed by atoms with van der Waals surface area (Å²) in [5, 5.41) is 2.37. The van der Waals surface area contributed by atoms with Crippen LogP contribution < -0.4 is 5.32 Å². The summed E-state index contributed by atoms with van der Waals surface area (Å²) in [6.07, 6.45) is 14.8. The SMILES string of the molecule is CC1(C)[C@@H]2[C@H]3C(=O)C[C@H](C(=O)C(=O)NC4CC4)CCCCCCCCC[C@H](CC(=O)CC4([C@H]5CCS5(=O)=O)CCCCC4)C(=O)N3C[C@@H]21. The van der Waals surface area contributed by atoms with E-state index in [0.29, 0.717) is 25.8 Å². The summed E-state index contributed by atoms with van der Waals surface area (Å²) in [5.41, 5.74) is -0.605. The zero-order valence-corrected chi connectivity index (χ0v) is 30.1. The van der Waals surface area contributed by atoms with Gasteiger partial charge in [0.25, 0.3) is 5.91 Å². The number of nitrogens with one attached hydrogen (secondary N) is 1. The molecule has 6 atom stereocenters. The van der Waals surface area contributed by atoms with Gasteiger partial charge in [0.15, 0.2) is 15.6 Å². The van der Waals surface area contributed by atoms with E-state index in [4.69, 9.17) is 0 Å². The third kappa shape index (κ3) is 7.48. The second kappa shape index (κ2) is 14.3. The molecule has 1 N–H and O–H groups in total. The van der Waals surface area contributed by atoms with Crippen molar-refractivity contribution in [1.82, 2.24) is 10.2 Å². The number of carbonyl (C=O) groups excluding carboxylic acids is 5. The topological polar surface area (TPSA) is 135 Å². The van der Waals surface area contributed by atoms with E-state index >= 15 is 0 Å². The van der Waals surface area contributed by atoms with Crippen molar-refractivity contribution in [2.45, 2.75) is 160 Å². The molecule has 0 bridgehead atoms. The molecule has 6 rings (SSSR count). The first kappa shape index (κ1) is 35.7. The Kier molecular flexibility index (Phi) is 10.6. The van der Waals surface area contributed by atoms with Crippen molar-refractivity contribution in [3.05, 3.63) is 0 Å². The first-order chi connectivity index (χ1) is 22.8. The van der Waals surface area contributed by atoms with Gasteiger partial charge in [0.05, 0.1) is 17.0 Å². The molecular weight excluding hydrogens is 628 g/mol. The monoisotopic (exact) mass is 686 g/mol. The maximum absolute atomic E-state index is 14.5. The van der Waals surface area contributed by atoms with Crippen molar-refractivity contribution in [3.8, 4) is 0 Å². The highest BCUT2D eigenvalue weighted by molar-refractivity contribution is 7.93. The number of sulfone groups is 1. The fourth-order valence-corrected chi connectivity index (χ4v) is 12.1. The Labute approximate surface area is 287 Å². The first-order valence-corrected chi connectivity index (χ1v) is 21.0. The van der Waals surface area contributed by atoms with E-state index < -0.39 is 50.1 Å². The molecule has 0 spiro atoms. The summed E-state index contributed by atoms with van der Waals surface area (Å²) in [5.74, 6) is -2.21. The molecule has 3 saturated carbocycles. The molecule has 268 valence electrons. The Morgan fingerprint density at radius 3 is 2.06 bits per heavy atom. The number of amides is 2. The molecule has 3 saturated heterocycles. The zero-order chi connectivity index (χ0) is 34.3. The molecule has 9 nitrogen and oxygen atoms in total. The van der Waals surface area contributed by atoms with E-state index in [1.165, 1.54) is 0 Å². The van der Waals surface area contributed by atoms with Gasteiger partial charge in [-0.1, -0.05) is 78.1 Å². The molecule has 0 aromatic heterocycles. The number of hydrogen-bond donors (Lipinski definition) is 1. The number of piperidine rings is 1. The third-order valence-corrected chi connectivity index (χ3v) is 15.8. The minimum Gasteiger partial charge on any atom is -0.347 e. The highest BCUT2D eigenvalue weighted by Crippen LogP contribution is 2.65. The molecule has 3 aliphatic carbocycles. The van der Waals surface area contributed by atoms with Crippen molar-refractivity contribution >= 4 is 39.0 Å². The lowest BCUT2D eigenvalue weighted by Gasteiger charge is -2.47. The van der Waals surface area contributed by atoms with Crippen LogP contribution in [-0.4, -0.2) is 72.1 Å². The van der Waals surface area contributed by atoms with Gasteiger partial charge >= 0.3 is 0 Å². The van der Waals surface area contributed by atoms with Crippen LogP contribution in [0.5, 0.6) is 0 Å². The molecule has 0 aromatic rings. The molecule has 10 heteroatoms. The molecule has 3 heterocycles. The largest absolute Gasteiger partial charge is 0.347 e. The minimum absolute atomic E-state index is 0.00885. The molecule has 0 radical (unpaired) electrons. The van der Waals surface area contributed by atoms with Gasteiger partial charge in [0.1, 0.15) is 5.78 Å². The Morgan fingerprint density at radius 2 is 1.46 bits per heavy atom. The maximum Gasteiger partial charge on any atom is 0.287 e. The van der Waals surface area contributed by atoms with Crippen LogP contribution in [0.3, 0.4) is 0 Å². The number of fused-ring (bicyclic) bond motifs is 3. The summed E-state index contributed by atoms with van der Waals surface area (Å²) >= 11 is 0. The predicted molar refractivity (Wildman–Crippen MR) is 183 cm³/mol. The zero-order valence-electron chi connectivity index (χ0n) is 29.3. The number of nitrogens with zero attached hydrogens (tertiary/aromatic N) is 1. The van der Waals surface area contributed by atoms with Crippen molar-refractivity contribution in [2.75, 3.05) is 12.3 Å². The molecule has 0 aromatic carbocycles. The molecule has 48 heavy (non-hydrogen) atoms. The van der Waals surface area contributed by atoms with Crippen LogP contribution in [0, 0.1) is 34.5 Å². The van der Waals surface area contributed by atoms with Gasteiger partial charge in [0, 0.05) is 43.7 Å². The molecule has 6 aliphatic rings. The second-order valence-corrected chi connectivity index (χ2v) is 19.4. The highest BCUT2D eigenvalue weighted by Gasteiger charge is 2.69. The van der Waals surface area contributed by atoms with Crippen LogP contribution in [0.15, 0.2) is 0 Å². The quantitative estimate of drug-likeness (QED) is 0.332. The lowest BCUT2D eigenvalue weighted by Crippen LogP contribution is -2.52. The van der Waals surface area contributed by atoms with Crippen LogP contribution in [0.4, 0.5) is 0 Å². The van der Waals surface area contributed by atoms with Crippen molar-refractivity contribution in [1.29, 1.82) is 0 Å². The summed E-state index contributed by atoms with van der Waals surface area (Å²) in [6.45, 7) is 4.76. The molecular formula is C38H58N2O7S. The average molecular weight is 687 g/mol. The van der Waals surface area contributed by atoms with Crippen LogP contribution >= 0.6 is 0 Å². The summed E-state index contributed by atoms with van der Waals surface area (Å²) in [6, 6.07) is -0.584. The van der Waals surface area contributed by atoms with Crippen LogP contribution in [0.1, 0.15) is 142 Å². The van der Waals surface area contributed by atoms with Gasteiger partial charge in [0.2, 0.25) is 11.7 Å². The highest BCUT2D eigenvalue weighted by atomic mass is 32.2. The number of hydrogen-bond acceptors (Lipinski definition) is 7. The lowest BCUT2D eigenvalue weighted by molar-refractivity contribution is -0.146. The predicted octanol–water partition coefficient (Wildman–Crippen LogP) is 5.52. The van der Waals surface area contributed by atoms with Gasteiger partial charge in [-0.3, -0.25) is 24.0 Å². The van der Waals surface area contributed by atoms with Gasteiger partial charge in [-0.2, -0.15) is 0 Å². The van der Waals surface area contributed by atoms with E-state index in [1.807, 2.05) is 0 Å². The number of carbonyl (C=O) groups is 5. The average Bonchev–Trinajstić information content (AvgIpc) is 3.88. The molecule has 6 fully saturated rings. The third-order valence-electron chi connectivity index (χ3n) is 13.4. The van der Waals surface area contributed by atoms with Crippen molar-refractivity contribution in [3.63, 3.8) is 0 Å². The van der Waals surface area contributed by atoms with E-state index in [9.17, 15) is 32.4 Å². The van der Waals surface area contributed by atoms with Crippen LogP contribution in [0.25, 0.3) is 0 Å². The van der Waals surface area contributed by atoms with Gasteiger partial charge in [-0.15, -0.1) is 0 Å². The molecule has 0 unspecified atom stereocenters. The van der Waals surface area contributed by atoms with E-state index in [1.54, 1.807) is 4.90 Å². The van der Waals surface area contributed by atoms with E-state index in [2.05, 4.69) is 19.2 Å². The number of rotatable bonds is 8. The van der Waals surface area contributed by atoms with Gasteiger partial charge in [-0.25, -0.2) is 8.42 Å². The summed E-state index contributed by atoms with van der Waals surface area (Å²) in [4.78, 5) is 70.6. The Bertz CT molecular complexity index is 1380. The van der Waals surface area contributed by atoms with Crippen molar-refractivity contribution in [2.24, 2.45) is 34.5 Å². The Hall–Kier alpha value is -2.10.